The highest BCUT2D eigenvalue weighted by Crippen LogP contribution is 2.63. The summed E-state index contributed by atoms with van der Waals surface area (Å²) in [5, 5.41) is 3.31. The van der Waals surface area contributed by atoms with E-state index in [0.717, 1.165) is 11.3 Å². The lowest BCUT2D eigenvalue weighted by Crippen LogP contribution is -2.43. The second kappa shape index (κ2) is 8.62. The molecular weight excluding hydrogens is 430 g/mol. The lowest BCUT2D eigenvalue weighted by molar-refractivity contribution is 0.0259. The maximum atomic E-state index is 12.5. The molecule has 1 saturated heterocycles. The van der Waals surface area contributed by atoms with Crippen LogP contribution < -0.4 is 5.32 Å². The highest BCUT2D eigenvalue weighted by molar-refractivity contribution is 6.29. The quantitative estimate of drug-likeness (QED) is 0.673. The van der Waals surface area contributed by atoms with E-state index in [0.29, 0.717) is 24.8 Å². The minimum Gasteiger partial charge on any atom is -0.445 e. The summed E-state index contributed by atoms with van der Waals surface area (Å²) in [5.41, 5.74) is 0.826. The molecule has 0 radical (unpaired) electrons. The van der Waals surface area contributed by atoms with E-state index >= 15 is 0 Å². The van der Waals surface area contributed by atoms with E-state index in [1.54, 1.807) is 11.0 Å². The van der Waals surface area contributed by atoms with Crippen molar-refractivity contribution in [1.82, 2.24) is 15.2 Å². The fourth-order valence-corrected chi connectivity index (χ4v) is 4.77. The Hall–Kier alpha value is -2.80. The molecule has 0 bridgehead atoms. The van der Waals surface area contributed by atoms with Gasteiger partial charge in [-0.25, -0.2) is 14.6 Å². The van der Waals surface area contributed by atoms with Gasteiger partial charge in [-0.2, -0.15) is 0 Å². The Kier molecular flexibility index (Phi) is 6.03. The van der Waals surface area contributed by atoms with Gasteiger partial charge in [0.2, 0.25) is 0 Å². The number of halogens is 1. The Morgan fingerprint density at radius 1 is 1.12 bits per heavy atom. The number of nitrogens with one attached hydrogen (secondary N) is 1. The van der Waals surface area contributed by atoms with Crippen LogP contribution in [0.2, 0.25) is 5.15 Å². The van der Waals surface area contributed by atoms with Crippen molar-refractivity contribution in [2.24, 2.45) is 11.8 Å². The summed E-state index contributed by atoms with van der Waals surface area (Å²) in [7, 11) is 0. The Labute approximate surface area is 193 Å². The summed E-state index contributed by atoms with van der Waals surface area (Å²) in [6.07, 6.45) is -0.794. The molecule has 1 aromatic heterocycles. The van der Waals surface area contributed by atoms with Crippen LogP contribution in [0.3, 0.4) is 0 Å². The summed E-state index contributed by atoms with van der Waals surface area (Å²) in [4.78, 5) is 31.1. The summed E-state index contributed by atoms with van der Waals surface area (Å²) in [6, 6.07) is 15.0. The number of ether oxygens (including phenoxy) is 2. The molecule has 170 valence electrons. The number of benzene rings is 1. The van der Waals surface area contributed by atoms with Crippen LogP contribution >= 0.6 is 11.6 Å². The first-order valence-electron chi connectivity index (χ1n) is 10.7. The van der Waals surface area contributed by atoms with Crippen molar-refractivity contribution in [3.8, 4) is 0 Å². The number of rotatable bonds is 5. The highest BCUT2D eigenvalue weighted by Gasteiger charge is 2.70. The van der Waals surface area contributed by atoms with Crippen LogP contribution in [0.4, 0.5) is 9.59 Å². The second-order valence-corrected chi connectivity index (χ2v) is 9.79. The molecule has 3 atom stereocenters. The summed E-state index contributed by atoms with van der Waals surface area (Å²) >= 11 is 6.16. The average molecular weight is 458 g/mol. The number of hydrogen-bond donors (Lipinski definition) is 1. The first-order chi connectivity index (χ1) is 15.2. The van der Waals surface area contributed by atoms with Crippen molar-refractivity contribution >= 4 is 23.8 Å². The summed E-state index contributed by atoms with van der Waals surface area (Å²) in [5.74, 6) is 0.325. The maximum absolute atomic E-state index is 12.5. The zero-order valence-electron chi connectivity index (χ0n) is 18.5. The minimum absolute atomic E-state index is 0.162. The van der Waals surface area contributed by atoms with E-state index in [1.165, 1.54) is 0 Å². The Bertz CT molecular complexity index is 980. The van der Waals surface area contributed by atoms with Gasteiger partial charge >= 0.3 is 12.2 Å². The average Bonchev–Trinajstić information content (AvgIpc) is 3.10. The largest absolute Gasteiger partial charge is 0.445 e. The molecule has 1 unspecified atom stereocenters. The van der Waals surface area contributed by atoms with E-state index < -0.39 is 11.7 Å². The smallest absolute Gasteiger partial charge is 0.410 e. The first kappa shape index (κ1) is 22.4. The molecule has 1 aliphatic carbocycles. The first-order valence-corrected chi connectivity index (χ1v) is 11.1. The highest BCUT2D eigenvalue weighted by atomic mass is 35.5. The number of carbonyl (C=O) groups is 2. The molecule has 1 N–H and O–H groups in total. The van der Waals surface area contributed by atoms with Crippen molar-refractivity contribution in [2.45, 2.75) is 38.4 Å². The van der Waals surface area contributed by atoms with Crippen molar-refractivity contribution in [1.29, 1.82) is 0 Å². The number of piperidine rings is 1. The third-order valence-electron chi connectivity index (χ3n) is 6.12. The monoisotopic (exact) mass is 457 g/mol. The van der Waals surface area contributed by atoms with E-state index in [2.05, 4.69) is 10.3 Å². The zero-order chi connectivity index (χ0) is 22.9. The van der Waals surface area contributed by atoms with E-state index in [9.17, 15) is 9.59 Å². The molecule has 1 saturated carbocycles. The van der Waals surface area contributed by atoms with Gasteiger partial charge in [-0.15, -0.1) is 0 Å². The number of carbonyl (C=O) groups excluding carboxylic acids is 2. The molecule has 2 fully saturated rings. The molecule has 7 nitrogen and oxygen atoms in total. The number of amides is 2. The molecule has 32 heavy (non-hydrogen) atoms. The molecule has 8 heteroatoms. The Morgan fingerprint density at radius 2 is 1.81 bits per heavy atom. The Balaban J connectivity index is 1.42. The van der Waals surface area contributed by atoms with Crippen LogP contribution in [0, 0.1) is 11.8 Å². The van der Waals surface area contributed by atoms with Crippen LogP contribution in [-0.2, 0) is 21.5 Å². The Morgan fingerprint density at radius 3 is 2.44 bits per heavy atom. The van der Waals surface area contributed by atoms with Gasteiger partial charge in [0.15, 0.2) is 0 Å². The number of fused-ring (bicyclic) bond motifs is 1. The number of pyridine rings is 1. The van der Waals surface area contributed by atoms with Gasteiger partial charge < -0.3 is 19.7 Å². The molecule has 4 rings (SSSR count). The minimum atomic E-state index is -0.542. The van der Waals surface area contributed by atoms with Gasteiger partial charge in [0, 0.05) is 25.0 Å². The van der Waals surface area contributed by atoms with Crippen LogP contribution in [0.1, 0.15) is 32.0 Å². The van der Waals surface area contributed by atoms with Crippen molar-refractivity contribution in [3.05, 3.63) is 64.9 Å². The van der Waals surface area contributed by atoms with Crippen molar-refractivity contribution < 1.29 is 19.1 Å². The molecule has 2 aromatic rings. The van der Waals surface area contributed by atoms with Gasteiger partial charge in [0.05, 0.1) is 5.69 Å². The fourth-order valence-electron chi connectivity index (χ4n) is 4.60. The van der Waals surface area contributed by atoms with Gasteiger partial charge in [-0.1, -0.05) is 48.0 Å². The SMILES string of the molecule is CC(C)(C)OC(=O)N1C[C@@H]2[C@H](C1)C2(CNC(=O)OCc1ccccc1)c1cccc(Cl)n1. The lowest BCUT2D eigenvalue weighted by Gasteiger charge is -2.29. The van der Waals surface area contributed by atoms with E-state index in [4.69, 9.17) is 21.1 Å². The molecule has 1 aliphatic heterocycles. The lowest BCUT2D eigenvalue weighted by atomic mass is 9.94. The molecule has 0 spiro atoms. The summed E-state index contributed by atoms with van der Waals surface area (Å²) in [6.45, 7) is 7.23. The fraction of sp³-hybridized carbons (Fsp3) is 0.458. The molecule has 1 aromatic carbocycles. The second-order valence-electron chi connectivity index (χ2n) is 9.40. The van der Waals surface area contributed by atoms with Gasteiger partial charge in [-0.3, -0.25) is 0 Å². The van der Waals surface area contributed by atoms with Crippen LogP contribution in [0.15, 0.2) is 48.5 Å². The number of hydrogen-bond acceptors (Lipinski definition) is 5. The number of alkyl carbamates (subject to hydrolysis) is 1. The third-order valence-corrected chi connectivity index (χ3v) is 6.33. The number of aromatic nitrogens is 1. The number of nitrogens with zero attached hydrogens (tertiary/aromatic N) is 2. The topological polar surface area (TPSA) is 80.8 Å². The van der Waals surface area contributed by atoms with Gasteiger partial charge in [0.25, 0.3) is 0 Å². The zero-order valence-corrected chi connectivity index (χ0v) is 19.3. The molecule has 2 heterocycles. The van der Waals surface area contributed by atoms with E-state index in [-0.39, 0.29) is 30.0 Å². The van der Waals surface area contributed by atoms with Crippen molar-refractivity contribution in [3.63, 3.8) is 0 Å². The molecule has 2 amide bonds. The normalized spacial score (nSPS) is 23.9. The number of likely N-dealkylation sites (tertiary alicyclic amines) is 1. The van der Waals surface area contributed by atoms with Gasteiger partial charge in [0.1, 0.15) is 17.4 Å². The van der Waals surface area contributed by atoms with Crippen molar-refractivity contribution in [2.75, 3.05) is 19.6 Å². The third kappa shape index (κ3) is 4.67. The predicted octanol–water partition coefficient (Wildman–Crippen LogP) is 4.40. The standard InChI is InChI=1S/C24H28ClN3O4/c1-23(2,3)32-22(30)28-12-17-18(13-28)24(17,19-10-7-11-20(25)27-19)15-26-21(29)31-14-16-8-5-4-6-9-16/h4-11,17-18H,12-15H2,1-3H3,(H,26,29)/t17-,18+,24?. The van der Waals surface area contributed by atoms with Crippen LogP contribution in [0.25, 0.3) is 0 Å². The van der Waals surface area contributed by atoms with Crippen LogP contribution in [-0.4, -0.2) is 47.3 Å². The maximum Gasteiger partial charge on any atom is 0.410 e. The predicted molar refractivity (Wildman–Crippen MR) is 120 cm³/mol. The van der Waals surface area contributed by atoms with E-state index in [1.807, 2.05) is 63.2 Å². The van der Waals surface area contributed by atoms with Gasteiger partial charge in [-0.05, 0) is 50.3 Å². The van der Waals surface area contributed by atoms with Crippen LogP contribution in [0.5, 0.6) is 0 Å². The molecular formula is C24H28ClN3O4. The summed E-state index contributed by atoms with van der Waals surface area (Å²) < 4.78 is 10.9. The molecule has 2 aliphatic rings.